The fraction of sp³-hybridized carbons (Fsp3) is 0.405. The van der Waals surface area contributed by atoms with Crippen molar-refractivity contribution in [3.63, 3.8) is 0 Å². The Bertz CT molecular complexity index is 2310. The first-order chi connectivity index (χ1) is 25.9. The van der Waals surface area contributed by atoms with E-state index in [9.17, 15) is 19.4 Å². The predicted octanol–water partition coefficient (Wildman–Crippen LogP) is 7.68. The summed E-state index contributed by atoms with van der Waals surface area (Å²) < 4.78 is 25.3. The van der Waals surface area contributed by atoms with Gasteiger partial charge in [0.1, 0.15) is 17.3 Å². The van der Waals surface area contributed by atoms with Crippen LogP contribution in [0.1, 0.15) is 64.0 Å². The number of carbonyl (C=O) groups is 1. The fourth-order valence-corrected chi connectivity index (χ4v) is 7.80. The van der Waals surface area contributed by atoms with E-state index in [1.54, 1.807) is 12.1 Å². The molecule has 0 unspecified atom stereocenters. The summed E-state index contributed by atoms with van der Waals surface area (Å²) in [6.45, 7) is 8.80. The van der Waals surface area contributed by atoms with Crippen LogP contribution in [0.5, 0.6) is 5.75 Å². The molecule has 3 heterocycles. The number of benzene rings is 3. The maximum absolute atomic E-state index is 14.0. The number of hydrogen-bond donors (Lipinski definition) is 2. The number of aliphatic hydroxyl groups excluding tert-OH is 1. The summed E-state index contributed by atoms with van der Waals surface area (Å²) in [7, 11) is 5.48. The number of aromatic hydroxyl groups is 1. The Kier molecular flexibility index (Phi) is 12.1. The molecule has 0 spiro atoms. The van der Waals surface area contributed by atoms with Crippen molar-refractivity contribution in [2.24, 2.45) is 0 Å². The van der Waals surface area contributed by atoms with Crippen molar-refractivity contribution in [2.45, 2.75) is 78.9 Å². The minimum atomic E-state index is -0.417. The minimum Gasteiger partial charge on any atom is -0.507 e. The third-order valence-electron chi connectivity index (χ3n) is 10.3. The van der Waals surface area contributed by atoms with Gasteiger partial charge in [-0.05, 0) is 132 Å². The number of methoxy groups -OCH3 is 1. The molecule has 0 aliphatic heterocycles. The molecule has 0 atom stereocenters. The van der Waals surface area contributed by atoms with Gasteiger partial charge in [0.15, 0.2) is 0 Å². The lowest BCUT2D eigenvalue weighted by Crippen LogP contribution is -2.20. The Hall–Kier alpha value is -4.71. The highest BCUT2D eigenvalue weighted by atomic mass is 35.5. The number of aryl methyl sites for hydroxylation is 7. The largest absolute Gasteiger partial charge is 0.507 e. The molecule has 0 bridgehead atoms. The molecule has 6 aromatic rings. The predicted molar refractivity (Wildman–Crippen MR) is 212 cm³/mol. The van der Waals surface area contributed by atoms with Crippen LogP contribution >= 0.6 is 11.6 Å². The van der Waals surface area contributed by atoms with Crippen LogP contribution in [0, 0.1) is 19.7 Å². The number of ether oxygens (including phenoxy) is 1. The fourth-order valence-electron chi connectivity index (χ4n) is 7.56. The smallest absolute Gasteiger partial charge is 0.354 e. The summed E-state index contributed by atoms with van der Waals surface area (Å²) in [5.74, 6) is -0.594. The number of hydrogen-bond acceptors (Lipinski definition) is 7. The van der Waals surface area contributed by atoms with Crippen LogP contribution in [0.25, 0.3) is 32.9 Å². The van der Waals surface area contributed by atoms with E-state index in [4.69, 9.17) is 26.5 Å². The van der Waals surface area contributed by atoms with Crippen molar-refractivity contribution >= 4 is 39.2 Å². The summed E-state index contributed by atoms with van der Waals surface area (Å²) in [4.78, 5) is 15.3. The van der Waals surface area contributed by atoms with Crippen molar-refractivity contribution < 1.29 is 24.1 Å². The Morgan fingerprint density at radius 2 is 1.72 bits per heavy atom. The number of aromatic nitrogens is 5. The summed E-state index contributed by atoms with van der Waals surface area (Å²) in [6, 6.07) is 14.2. The topological polar surface area (TPSA) is 111 Å². The van der Waals surface area contributed by atoms with Gasteiger partial charge in [-0.2, -0.15) is 10.2 Å². The summed E-state index contributed by atoms with van der Waals surface area (Å²) >= 11 is 7.06. The lowest BCUT2D eigenvalue weighted by Gasteiger charge is -2.15. The van der Waals surface area contributed by atoms with Gasteiger partial charge in [0.05, 0.1) is 41.3 Å². The van der Waals surface area contributed by atoms with E-state index in [0.29, 0.717) is 53.8 Å². The Labute approximate surface area is 320 Å². The number of fused-ring (bicyclic) bond motifs is 2. The quantitative estimate of drug-likeness (QED) is 0.0976. The van der Waals surface area contributed by atoms with Gasteiger partial charge in [0.25, 0.3) is 0 Å². The molecule has 0 aliphatic rings. The van der Waals surface area contributed by atoms with Crippen LogP contribution in [-0.2, 0) is 50.1 Å². The molecule has 12 heteroatoms. The van der Waals surface area contributed by atoms with E-state index in [0.717, 1.165) is 88.3 Å². The molecule has 54 heavy (non-hydrogen) atoms. The normalized spacial score (nSPS) is 11.8. The van der Waals surface area contributed by atoms with Gasteiger partial charge in [0.2, 0.25) is 0 Å². The van der Waals surface area contributed by atoms with Crippen molar-refractivity contribution in [2.75, 3.05) is 34.4 Å². The third kappa shape index (κ3) is 7.90. The second-order valence-electron chi connectivity index (χ2n) is 14.2. The molecule has 286 valence electrons. The maximum Gasteiger partial charge on any atom is 0.354 e. The van der Waals surface area contributed by atoms with Gasteiger partial charge in [-0.15, -0.1) is 0 Å². The molecule has 0 saturated heterocycles. The molecule has 0 fully saturated rings. The second-order valence-corrected chi connectivity index (χ2v) is 14.6. The van der Waals surface area contributed by atoms with Gasteiger partial charge in [-0.25, -0.2) is 9.18 Å². The molecule has 3 aromatic carbocycles. The minimum absolute atomic E-state index is 0.0115. The Morgan fingerprint density at radius 1 is 0.944 bits per heavy atom. The monoisotopic (exact) mass is 756 g/mol. The first-order valence-electron chi connectivity index (χ1n) is 18.6. The van der Waals surface area contributed by atoms with Crippen LogP contribution < -0.4 is 0 Å². The number of phenols is 1. The van der Waals surface area contributed by atoms with Gasteiger partial charge in [-0.1, -0.05) is 23.7 Å². The number of esters is 1. The van der Waals surface area contributed by atoms with E-state index >= 15 is 0 Å². The molecule has 0 saturated carbocycles. The zero-order valence-electron chi connectivity index (χ0n) is 32.0. The Morgan fingerprint density at radius 3 is 2.44 bits per heavy atom. The molecule has 0 amide bonds. The summed E-state index contributed by atoms with van der Waals surface area (Å²) in [5, 5.41) is 33.1. The zero-order valence-corrected chi connectivity index (χ0v) is 32.8. The highest BCUT2D eigenvalue weighted by Gasteiger charge is 2.28. The average Bonchev–Trinajstić information content (AvgIpc) is 3.78. The van der Waals surface area contributed by atoms with Gasteiger partial charge in [0, 0.05) is 48.3 Å². The number of likely N-dealkylation sites (N-methyl/N-ethyl adjacent to an activating group) is 1. The van der Waals surface area contributed by atoms with E-state index in [1.165, 1.54) is 19.2 Å². The highest BCUT2D eigenvalue weighted by Crippen LogP contribution is 2.42. The maximum atomic E-state index is 14.0. The van der Waals surface area contributed by atoms with Crippen LogP contribution in [0.15, 0.2) is 48.5 Å². The summed E-state index contributed by atoms with van der Waals surface area (Å²) in [5.41, 5.74) is 8.88. The highest BCUT2D eigenvalue weighted by molar-refractivity contribution is 6.35. The molecular weight excluding hydrogens is 707 g/mol. The standard InChI is InChI=1S/C42H50ClFN6O4/c1-7-48-40-35(34(11-9-21-51)41(48)42(53)54-6)16-17-36(43)38(40)39-26(2)27(3)45-50(39)18-8-10-31-25-32(49(46-31)20-19-47(4)5)14-12-28-22-29-24-30(44)13-15-33(29)37(52)23-28/h13,15-17,22-25,51-52H,7-12,14,18-21H2,1-6H3. The number of rotatable bonds is 16. The van der Waals surface area contributed by atoms with Crippen LogP contribution in [0.2, 0.25) is 5.02 Å². The number of aliphatic hydroxyl groups is 1. The molecule has 0 radical (unpaired) electrons. The lowest BCUT2D eigenvalue weighted by atomic mass is 10.00. The first kappa shape index (κ1) is 39.0. The number of nitrogens with zero attached hydrogens (tertiary/aromatic N) is 6. The van der Waals surface area contributed by atoms with Crippen molar-refractivity contribution in [3.05, 3.63) is 98.8 Å². The molecule has 6 rings (SSSR count). The molecule has 3 aromatic heterocycles. The van der Waals surface area contributed by atoms with Gasteiger partial charge < -0.3 is 24.4 Å². The number of carbonyl (C=O) groups excluding carboxylic acids is 1. The van der Waals surface area contributed by atoms with E-state index < -0.39 is 5.97 Å². The average molecular weight is 757 g/mol. The van der Waals surface area contributed by atoms with Crippen molar-refractivity contribution in [1.82, 2.24) is 29.0 Å². The van der Waals surface area contributed by atoms with E-state index in [1.807, 2.05) is 55.4 Å². The number of halogens is 2. The molecule has 0 aliphatic carbocycles. The second kappa shape index (κ2) is 16.8. The summed E-state index contributed by atoms with van der Waals surface area (Å²) in [6.07, 6.45) is 3.94. The van der Waals surface area contributed by atoms with Crippen LogP contribution in [0.3, 0.4) is 0 Å². The van der Waals surface area contributed by atoms with Crippen LogP contribution in [-0.4, -0.2) is 79.6 Å². The van der Waals surface area contributed by atoms with E-state index in [-0.39, 0.29) is 18.2 Å². The van der Waals surface area contributed by atoms with Gasteiger partial charge in [-0.3, -0.25) is 9.36 Å². The van der Waals surface area contributed by atoms with Crippen molar-refractivity contribution in [3.8, 4) is 17.0 Å². The van der Waals surface area contributed by atoms with E-state index in [2.05, 4.69) is 22.6 Å². The SMILES string of the molecule is CCn1c(C(=O)OC)c(CCCO)c2ccc(Cl)c(-c3c(C)c(C)nn3CCCc3cc(CCc4cc(O)c5ccc(F)cc5c4)n(CCN(C)C)n3)c21. The number of phenolic OH excluding ortho intramolecular Hbond substituents is 1. The Balaban J connectivity index is 1.28. The lowest BCUT2D eigenvalue weighted by molar-refractivity contribution is 0.0587. The third-order valence-corrected chi connectivity index (χ3v) is 10.6. The van der Waals surface area contributed by atoms with Crippen LogP contribution in [0.4, 0.5) is 4.39 Å². The molecule has 2 N–H and O–H groups in total. The first-order valence-corrected chi connectivity index (χ1v) is 19.0. The zero-order chi connectivity index (χ0) is 38.7. The molecule has 10 nitrogen and oxygen atoms in total. The van der Waals surface area contributed by atoms with Crippen molar-refractivity contribution in [1.29, 1.82) is 0 Å². The van der Waals surface area contributed by atoms with Gasteiger partial charge >= 0.3 is 5.97 Å². The molecular formula is C42H50ClFN6O4.